The van der Waals surface area contributed by atoms with Gasteiger partial charge in [0.1, 0.15) is 0 Å². The van der Waals surface area contributed by atoms with Crippen LogP contribution in [-0.2, 0) is 13.0 Å². The van der Waals surface area contributed by atoms with Crippen LogP contribution < -0.4 is 4.90 Å². The van der Waals surface area contributed by atoms with Gasteiger partial charge < -0.3 is 0 Å². The summed E-state index contributed by atoms with van der Waals surface area (Å²) in [6.07, 6.45) is 2.58. The van der Waals surface area contributed by atoms with Crippen LogP contribution in [0.2, 0.25) is 0 Å². The number of nitrogens with zero attached hydrogens (tertiary/aromatic N) is 4. The molecule has 0 bridgehead atoms. The molecule has 0 N–H and O–H groups in total. The number of carbonyl (C=O) groups is 1. The van der Waals surface area contributed by atoms with Gasteiger partial charge in [-0.3, -0.25) is 24.8 Å². The van der Waals surface area contributed by atoms with Crippen LogP contribution in [0.3, 0.4) is 0 Å². The number of pyridine rings is 1. The number of amides is 1. The Balaban J connectivity index is 1.81. The number of benzene rings is 2. The minimum atomic E-state index is -0.473. The molecule has 0 saturated heterocycles. The molecule has 1 amide bonds. The topological polar surface area (TPSA) is 89.2 Å². The quantitative estimate of drug-likeness (QED) is 0.304. The number of aryl methyl sites for hydroxylation is 1. The maximum atomic E-state index is 13.6. The molecule has 2 aromatic carbocycles. The highest BCUT2D eigenvalue weighted by atomic mass is 32.1. The summed E-state index contributed by atoms with van der Waals surface area (Å²) in [6, 6.07) is 16.1. The summed E-state index contributed by atoms with van der Waals surface area (Å²) < 4.78 is 0.990. The normalized spacial score (nSPS) is 10.9. The van der Waals surface area contributed by atoms with Gasteiger partial charge in [-0.05, 0) is 49.2 Å². The highest BCUT2D eigenvalue weighted by Crippen LogP contribution is 2.32. The summed E-state index contributed by atoms with van der Waals surface area (Å²) in [5, 5.41) is 11.9. The van der Waals surface area contributed by atoms with E-state index >= 15 is 0 Å². The third-order valence-corrected chi connectivity index (χ3v) is 6.15. The number of nitro groups is 1. The molecule has 31 heavy (non-hydrogen) atoms. The van der Waals surface area contributed by atoms with E-state index in [0.29, 0.717) is 16.4 Å². The summed E-state index contributed by atoms with van der Waals surface area (Å²) in [7, 11) is 0. The van der Waals surface area contributed by atoms with E-state index in [2.05, 4.69) is 23.0 Å². The van der Waals surface area contributed by atoms with Gasteiger partial charge in [0.05, 0.1) is 27.4 Å². The molecule has 0 spiro atoms. The SMILES string of the molecule is CCc1ccc2nc(N(Cc3ccccn3)C(=O)c3cccc([N+](=O)[O-])c3C)sc2c1. The molecular formula is C23H20N4O3S. The molecule has 4 aromatic rings. The van der Waals surface area contributed by atoms with Crippen LogP contribution in [0, 0.1) is 17.0 Å². The number of nitro benzene ring substituents is 1. The Morgan fingerprint density at radius 3 is 2.71 bits per heavy atom. The number of anilines is 1. The Labute approximate surface area is 183 Å². The number of hydrogen-bond acceptors (Lipinski definition) is 6. The molecule has 0 unspecified atom stereocenters. The van der Waals surface area contributed by atoms with Gasteiger partial charge in [-0.1, -0.05) is 36.5 Å². The van der Waals surface area contributed by atoms with E-state index < -0.39 is 4.92 Å². The third-order valence-electron chi connectivity index (χ3n) is 5.10. The van der Waals surface area contributed by atoms with Gasteiger partial charge in [0.15, 0.2) is 5.13 Å². The molecule has 4 rings (SSSR count). The Morgan fingerprint density at radius 1 is 1.16 bits per heavy atom. The highest BCUT2D eigenvalue weighted by Gasteiger charge is 2.26. The van der Waals surface area contributed by atoms with Crippen molar-refractivity contribution in [1.82, 2.24) is 9.97 Å². The minimum Gasteiger partial charge on any atom is -0.278 e. The van der Waals surface area contributed by atoms with E-state index in [1.54, 1.807) is 24.1 Å². The molecule has 0 atom stereocenters. The van der Waals surface area contributed by atoms with Crippen molar-refractivity contribution in [3.05, 3.63) is 93.3 Å². The summed E-state index contributed by atoms with van der Waals surface area (Å²) in [5.74, 6) is -0.346. The maximum absolute atomic E-state index is 13.6. The Hall–Kier alpha value is -3.65. The maximum Gasteiger partial charge on any atom is 0.273 e. The molecule has 0 aliphatic carbocycles. The molecule has 0 radical (unpaired) electrons. The van der Waals surface area contributed by atoms with Crippen molar-refractivity contribution in [2.24, 2.45) is 0 Å². The Bertz CT molecular complexity index is 1270. The van der Waals surface area contributed by atoms with Crippen molar-refractivity contribution in [3.63, 3.8) is 0 Å². The van der Waals surface area contributed by atoms with Gasteiger partial charge in [-0.2, -0.15) is 0 Å². The Morgan fingerprint density at radius 2 is 2.00 bits per heavy atom. The number of aromatic nitrogens is 2. The number of hydrogen-bond donors (Lipinski definition) is 0. The molecule has 0 fully saturated rings. The second kappa shape index (κ2) is 8.61. The van der Waals surface area contributed by atoms with E-state index in [-0.39, 0.29) is 23.7 Å². The van der Waals surface area contributed by atoms with Gasteiger partial charge in [0.2, 0.25) is 0 Å². The first-order valence-electron chi connectivity index (χ1n) is 9.83. The van der Waals surface area contributed by atoms with Crippen LogP contribution in [0.1, 0.15) is 34.1 Å². The van der Waals surface area contributed by atoms with Gasteiger partial charge in [0, 0.05) is 23.4 Å². The van der Waals surface area contributed by atoms with Gasteiger partial charge in [0.25, 0.3) is 11.6 Å². The van der Waals surface area contributed by atoms with Crippen LogP contribution in [0.4, 0.5) is 10.8 Å². The second-order valence-corrected chi connectivity index (χ2v) is 8.08. The number of fused-ring (bicyclic) bond motifs is 1. The first-order valence-corrected chi connectivity index (χ1v) is 10.6. The second-order valence-electron chi connectivity index (χ2n) is 7.07. The molecular weight excluding hydrogens is 412 g/mol. The van der Waals surface area contributed by atoms with Gasteiger partial charge in [-0.25, -0.2) is 4.98 Å². The molecule has 156 valence electrons. The fraction of sp³-hybridized carbons (Fsp3) is 0.174. The smallest absolute Gasteiger partial charge is 0.273 e. The van der Waals surface area contributed by atoms with Crippen molar-refractivity contribution >= 4 is 38.3 Å². The van der Waals surface area contributed by atoms with Crippen LogP contribution >= 0.6 is 11.3 Å². The molecule has 0 aliphatic heterocycles. The average Bonchev–Trinajstić information content (AvgIpc) is 3.20. The fourth-order valence-corrected chi connectivity index (χ4v) is 4.40. The Kier molecular flexibility index (Phi) is 5.73. The number of carbonyl (C=O) groups excluding carboxylic acids is 1. The lowest BCUT2D eigenvalue weighted by atomic mass is 10.1. The first kappa shape index (κ1) is 20.6. The van der Waals surface area contributed by atoms with Crippen LogP contribution in [0.5, 0.6) is 0 Å². The highest BCUT2D eigenvalue weighted by molar-refractivity contribution is 7.22. The average molecular weight is 433 g/mol. The standard InChI is InChI=1S/C23H20N4O3S/c1-3-16-10-11-19-21(13-16)31-23(25-19)26(14-17-7-4-5-12-24-17)22(28)18-8-6-9-20(15(18)2)27(29)30/h4-13H,3,14H2,1-2H3. The van der Waals surface area contributed by atoms with Crippen LogP contribution in [0.25, 0.3) is 10.2 Å². The lowest BCUT2D eigenvalue weighted by Gasteiger charge is -2.20. The van der Waals surface area contributed by atoms with Crippen LogP contribution in [-0.4, -0.2) is 20.8 Å². The molecule has 8 heteroatoms. The zero-order chi connectivity index (χ0) is 22.0. The number of rotatable bonds is 6. The predicted molar refractivity (Wildman–Crippen MR) is 122 cm³/mol. The lowest BCUT2D eigenvalue weighted by Crippen LogP contribution is -2.31. The molecule has 0 aliphatic rings. The predicted octanol–water partition coefficient (Wildman–Crippen LogP) is 5.32. The molecule has 7 nitrogen and oxygen atoms in total. The largest absolute Gasteiger partial charge is 0.278 e. The monoisotopic (exact) mass is 432 g/mol. The van der Waals surface area contributed by atoms with Crippen LogP contribution in [0.15, 0.2) is 60.8 Å². The van der Waals surface area contributed by atoms with Gasteiger partial charge >= 0.3 is 0 Å². The van der Waals surface area contributed by atoms with Crippen molar-refractivity contribution in [1.29, 1.82) is 0 Å². The minimum absolute atomic E-state index is 0.0828. The molecule has 0 saturated carbocycles. The summed E-state index contributed by atoms with van der Waals surface area (Å²) in [5.41, 5.74) is 3.23. The fourth-order valence-electron chi connectivity index (χ4n) is 3.37. The zero-order valence-corrected chi connectivity index (χ0v) is 17.9. The van der Waals surface area contributed by atoms with E-state index in [0.717, 1.165) is 16.6 Å². The van der Waals surface area contributed by atoms with E-state index in [9.17, 15) is 14.9 Å². The summed E-state index contributed by atoms with van der Waals surface area (Å²) in [6.45, 7) is 3.89. The molecule has 2 heterocycles. The lowest BCUT2D eigenvalue weighted by molar-refractivity contribution is -0.385. The third kappa shape index (κ3) is 4.15. The molecule has 2 aromatic heterocycles. The van der Waals surface area contributed by atoms with Gasteiger partial charge in [-0.15, -0.1) is 0 Å². The van der Waals surface area contributed by atoms with Crippen molar-refractivity contribution < 1.29 is 9.72 Å². The first-order chi connectivity index (χ1) is 15.0. The van der Waals surface area contributed by atoms with Crippen molar-refractivity contribution in [3.8, 4) is 0 Å². The summed E-state index contributed by atoms with van der Waals surface area (Å²) in [4.78, 5) is 35.1. The van der Waals surface area contributed by atoms with E-state index in [1.165, 1.54) is 29.0 Å². The van der Waals surface area contributed by atoms with E-state index in [1.807, 2.05) is 30.3 Å². The number of thiazole rings is 1. The summed E-state index contributed by atoms with van der Waals surface area (Å²) >= 11 is 1.43. The van der Waals surface area contributed by atoms with Crippen molar-refractivity contribution in [2.45, 2.75) is 26.8 Å². The van der Waals surface area contributed by atoms with Crippen molar-refractivity contribution in [2.75, 3.05) is 4.90 Å². The zero-order valence-electron chi connectivity index (χ0n) is 17.1. The van der Waals surface area contributed by atoms with E-state index in [4.69, 9.17) is 0 Å².